The van der Waals surface area contributed by atoms with Gasteiger partial charge in [0.2, 0.25) is 0 Å². The van der Waals surface area contributed by atoms with Crippen LogP contribution >= 0.6 is 0 Å². The molecular weight excluding hydrogens is 320 g/mol. The summed E-state index contributed by atoms with van der Waals surface area (Å²) < 4.78 is 10.1. The molecule has 0 radical (unpaired) electrons. The first-order valence-corrected chi connectivity index (χ1v) is 8.30. The van der Waals surface area contributed by atoms with Gasteiger partial charge < -0.3 is 14.6 Å². The molecule has 5 nitrogen and oxygen atoms in total. The van der Waals surface area contributed by atoms with Crippen molar-refractivity contribution in [3.05, 3.63) is 48.0 Å². The van der Waals surface area contributed by atoms with E-state index in [4.69, 9.17) is 4.74 Å². The van der Waals surface area contributed by atoms with Crippen LogP contribution in [0.25, 0.3) is 0 Å². The molecule has 0 fully saturated rings. The minimum Gasteiger partial charge on any atom is -0.469 e. The second kappa shape index (κ2) is 9.49. The molecule has 0 aromatic heterocycles. The molecule has 0 bridgehead atoms. The smallest absolute Gasteiger partial charge is 0.308 e. The zero-order chi connectivity index (χ0) is 18.9. The molecule has 1 aromatic carbocycles. The third-order valence-electron chi connectivity index (χ3n) is 3.72. The zero-order valence-electron chi connectivity index (χ0n) is 15.5. The SMILES string of the molecule is COC(=O)CC(O)(C/C=C/COCc1ccccc1)C(=O)C(C)(C)C. The summed E-state index contributed by atoms with van der Waals surface area (Å²) in [6.45, 7) is 5.98. The normalized spacial score (nSPS) is 14.3. The van der Waals surface area contributed by atoms with Gasteiger partial charge in [0.05, 0.1) is 26.7 Å². The molecule has 1 aromatic rings. The van der Waals surface area contributed by atoms with Crippen LogP contribution in [-0.4, -0.2) is 36.2 Å². The zero-order valence-corrected chi connectivity index (χ0v) is 15.5. The summed E-state index contributed by atoms with van der Waals surface area (Å²) in [6.07, 6.45) is 3.07. The van der Waals surface area contributed by atoms with E-state index in [0.29, 0.717) is 13.2 Å². The predicted octanol–water partition coefficient (Wildman–Crippen LogP) is 3.06. The van der Waals surface area contributed by atoms with Crippen molar-refractivity contribution in [3.8, 4) is 0 Å². The van der Waals surface area contributed by atoms with E-state index in [-0.39, 0.29) is 18.6 Å². The van der Waals surface area contributed by atoms with Gasteiger partial charge in [-0.3, -0.25) is 9.59 Å². The average molecular weight is 348 g/mol. The van der Waals surface area contributed by atoms with E-state index >= 15 is 0 Å². The van der Waals surface area contributed by atoms with Gasteiger partial charge in [-0.25, -0.2) is 0 Å². The molecule has 0 aliphatic rings. The van der Waals surface area contributed by atoms with Gasteiger partial charge in [-0.05, 0) is 5.56 Å². The highest BCUT2D eigenvalue weighted by atomic mass is 16.5. The summed E-state index contributed by atoms with van der Waals surface area (Å²) in [6, 6.07) is 9.78. The van der Waals surface area contributed by atoms with Gasteiger partial charge in [-0.15, -0.1) is 0 Å². The van der Waals surface area contributed by atoms with Crippen molar-refractivity contribution in [2.24, 2.45) is 5.41 Å². The number of ketones is 1. The number of esters is 1. The summed E-state index contributed by atoms with van der Waals surface area (Å²) in [5.74, 6) is -1.01. The Balaban J connectivity index is 2.59. The summed E-state index contributed by atoms with van der Waals surface area (Å²) in [7, 11) is 1.23. The summed E-state index contributed by atoms with van der Waals surface area (Å²) in [5.41, 5.74) is -1.47. The fourth-order valence-corrected chi connectivity index (χ4v) is 2.42. The van der Waals surface area contributed by atoms with Crippen LogP contribution in [0.15, 0.2) is 42.5 Å². The first-order chi connectivity index (χ1) is 11.7. The summed E-state index contributed by atoms with van der Waals surface area (Å²) in [5, 5.41) is 10.7. The number of carbonyl (C=O) groups excluding carboxylic acids is 2. The van der Waals surface area contributed by atoms with Crippen molar-refractivity contribution in [3.63, 3.8) is 0 Å². The number of aliphatic hydroxyl groups is 1. The molecule has 0 saturated heterocycles. The number of rotatable bonds is 9. The first-order valence-electron chi connectivity index (χ1n) is 8.30. The van der Waals surface area contributed by atoms with Crippen LogP contribution in [-0.2, 0) is 25.7 Å². The Bertz CT molecular complexity index is 586. The van der Waals surface area contributed by atoms with Crippen molar-refractivity contribution < 1.29 is 24.2 Å². The maximum atomic E-state index is 12.5. The lowest BCUT2D eigenvalue weighted by molar-refractivity contribution is -0.157. The van der Waals surface area contributed by atoms with E-state index in [0.717, 1.165) is 5.56 Å². The van der Waals surface area contributed by atoms with Crippen molar-refractivity contribution in [1.82, 2.24) is 0 Å². The maximum absolute atomic E-state index is 12.5. The third-order valence-corrected chi connectivity index (χ3v) is 3.72. The molecular formula is C20H28O5. The molecule has 1 rings (SSSR count). The van der Waals surface area contributed by atoms with Gasteiger partial charge in [-0.2, -0.15) is 0 Å². The molecule has 5 heteroatoms. The van der Waals surface area contributed by atoms with E-state index in [1.54, 1.807) is 32.9 Å². The Morgan fingerprint density at radius 3 is 2.32 bits per heavy atom. The van der Waals surface area contributed by atoms with Gasteiger partial charge in [0, 0.05) is 11.8 Å². The minimum atomic E-state index is -1.78. The second-order valence-corrected chi connectivity index (χ2v) is 7.04. The standard InChI is InChI=1S/C20H28O5/c1-19(2,3)18(22)20(23,14-17(21)24-4)12-8-9-13-25-15-16-10-6-5-7-11-16/h5-11,23H,12-15H2,1-4H3/b9-8+. The molecule has 0 spiro atoms. The Kier molecular flexibility index (Phi) is 8.00. The molecule has 0 heterocycles. The number of Topliss-reactive ketones (excluding diaryl/α,β-unsaturated/α-hetero) is 1. The van der Waals surface area contributed by atoms with E-state index in [9.17, 15) is 14.7 Å². The molecule has 0 aliphatic heterocycles. The van der Waals surface area contributed by atoms with Gasteiger partial charge in [0.1, 0.15) is 5.60 Å². The van der Waals surface area contributed by atoms with Crippen LogP contribution < -0.4 is 0 Å². The van der Waals surface area contributed by atoms with Gasteiger partial charge >= 0.3 is 5.97 Å². The Morgan fingerprint density at radius 2 is 1.76 bits per heavy atom. The number of ether oxygens (including phenoxy) is 2. The Labute approximate surface area is 149 Å². The Morgan fingerprint density at radius 1 is 1.12 bits per heavy atom. The number of methoxy groups -OCH3 is 1. The van der Waals surface area contributed by atoms with Crippen molar-refractivity contribution >= 4 is 11.8 Å². The molecule has 1 unspecified atom stereocenters. The van der Waals surface area contributed by atoms with Gasteiger partial charge in [0.25, 0.3) is 0 Å². The highest BCUT2D eigenvalue weighted by molar-refractivity contribution is 5.94. The number of hydrogen-bond donors (Lipinski definition) is 1. The van der Waals surface area contributed by atoms with Crippen LogP contribution in [0.2, 0.25) is 0 Å². The molecule has 1 atom stereocenters. The lowest BCUT2D eigenvalue weighted by atomic mass is 9.77. The largest absolute Gasteiger partial charge is 0.469 e. The van der Waals surface area contributed by atoms with E-state index < -0.39 is 17.0 Å². The number of carbonyl (C=O) groups is 2. The Hall–Kier alpha value is -1.98. The van der Waals surface area contributed by atoms with E-state index in [2.05, 4.69) is 4.74 Å². The summed E-state index contributed by atoms with van der Waals surface area (Å²) >= 11 is 0. The highest BCUT2D eigenvalue weighted by Crippen LogP contribution is 2.29. The molecule has 0 saturated carbocycles. The van der Waals surface area contributed by atoms with Crippen molar-refractivity contribution in [2.75, 3.05) is 13.7 Å². The van der Waals surface area contributed by atoms with Crippen LogP contribution in [0.1, 0.15) is 39.2 Å². The van der Waals surface area contributed by atoms with E-state index in [1.807, 2.05) is 30.3 Å². The maximum Gasteiger partial charge on any atom is 0.308 e. The topological polar surface area (TPSA) is 72.8 Å². The van der Waals surface area contributed by atoms with Crippen LogP contribution in [0.4, 0.5) is 0 Å². The fourth-order valence-electron chi connectivity index (χ4n) is 2.42. The first kappa shape index (κ1) is 21.1. The quantitative estimate of drug-likeness (QED) is 0.422. The lowest BCUT2D eigenvalue weighted by Gasteiger charge is -2.31. The van der Waals surface area contributed by atoms with Gasteiger partial charge in [0.15, 0.2) is 5.78 Å². The number of benzene rings is 1. The average Bonchev–Trinajstić information content (AvgIpc) is 2.57. The monoisotopic (exact) mass is 348 g/mol. The van der Waals surface area contributed by atoms with Gasteiger partial charge in [-0.1, -0.05) is 63.3 Å². The molecule has 1 N–H and O–H groups in total. The molecule has 138 valence electrons. The molecule has 0 aliphatic carbocycles. The summed E-state index contributed by atoms with van der Waals surface area (Å²) in [4.78, 5) is 24.1. The van der Waals surface area contributed by atoms with Crippen molar-refractivity contribution in [1.29, 1.82) is 0 Å². The number of hydrogen-bond acceptors (Lipinski definition) is 5. The van der Waals surface area contributed by atoms with E-state index in [1.165, 1.54) is 7.11 Å². The van der Waals surface area contributed by atoms with Crippen LogP contribution in [0, 0.1) is 5.41 Å². The van der Waals surface area contributed by atoms with Crippen molar-refractivity contribution in [2.45, 2.75) is 45.8 Å². The molecule has 0 amide bonds. The third kappa shape index (κ3) is 7.20. The minimum absolute atomic E-state index is 0.0346. The highest BCUT2D eigenvalue weighted by Gasteiger charge is 2.43. The predicted molar refractivity (Wildman–Crippen MR) is 95.9 cm³/mol. The lowest BCUT2D eigenvalue weighted by Crippen LogP contribution is -2.46. The van der Waals surface area contributed by atoms with Crippen LogP contribution in [0.3, 0.4) is 0 Å². The molecule has 25 heavy (non-hydrogen) atoms. The van der Waals surface area contributed by atoms with Crippen LogP contribution in [0.5, 0.6) is 0 Å². The second-order valence-electron chi connectivity index (χ2n) is 7.04. The fraction of sp³-hybridized carbons (Fsp3) is 0.500.